The van der Waals surface area contributed by atoms with Gasteiger partial charge in [0, 0.05) is 42.2 Å². The molecule has 0 radical (unpaired) electrons. The zero-order chi connectivity index (χ0) is 50.6. The summed E-state index contributed by atoms with van der Waals surface area (Å²) in [7, 11) is 0. The van der Waals surface area contributed by atoms with E-state index in [2.05, 4.69) is 12.2 Å². The van der Waals surface area contributed by atoms with Crippen LogP contribution in [0.1, 0.15) is 114 Å². The fourth-order valence-electron chi connectivity index (χ4n) is 10.0. The number of aliphatic hydroxyl groups excluding tert-OH is 4. The van der Waals surface area contributed by atoms with Crippen molar-refractivity contribution in [2.75, 3.05) is 5.32 Å². The Labute approximate surface area is 410 Å². The summed E-state index contributed by atoms with van der Waals surface area (Å²) in [5.41, 5.74) is 5.16. The molecule has 0 aliphatic heterocycles. The van der Waals surface area contributed by atoms with Gasteiger partial charge in [-0.25, -0.2) is 4.39 Å². The molecule has 2 aliphatic carbocycles. The summed E-state index contributed by atoms with van der Waals surface area (Å²) in [6.07, 6.45) is -0.0558. The lowest BCUT2D eigenvalue weighted by Gasteiger charge is -2.43. The van der Waals surface area contributed by atoms with Crippen LogP contribution in [0.15, 0.2) is 109 Å². The van der Waals surface area contributed by atoms with E-state index >= 15 is 0 Å². The molecule has 2 aliphatic rings. The Morgan fingerprint density at radius 3 is 2.14 bits per heavy atom. The molecule has 6 N–H and O–H groups in total. The first-order chi connectivity index (χ1) is 33.4. The molecule has 0 bridgehead atoms. The van der Waals surface area contributed by atoms with Crippen LogP contribution in [0.5, 0.6) is 0 Å². The zero-order valence-corrected chi connectivity index (χ0v) is 40.7. The van der Waals surface area contributed by atoms with Gasteiger partial charge >= 0.3 is 17.9 Å². The number of amides is 1. The summed E-state index contributed by atoms with van der Waals surface area (Å²) < 4.78 is 27.9. The van der Waals surface area contributed by atoms with E-state index in [0.29, 0.717) is 46.6 Å². The summed E-state index contributed by atoms with van der Waals surface area (Å²) in [6, 6.07) is 24.4. The number of benzene rings is 3. The van der Waals surface area contributed by atoms with Crippen LogP contribution < -0.4 is 5.32 Å². The molecule has 3 aromatic carbocycles. The van der Waals surface area contributed by atoms with Crippen molar-refractivity contribution in [1.82, 2.24) is 4.57 Å². The number of allylic oxidation sites excluding steroid dienone is 2. The van der Waals surface area contributed by atoms with Crippen molar-refractivity contribution in [2.24, 2.45) is 23.7 Å². The minimum atomic E-state index is -1.31. The molecule has 0 spiro atoms. The lowest BCUT2D eigenvalue weighted by atomic mass is 9.66. The van der Waals surface area contributed by atoms with Gasteiger partial charge in [0.15, 0.2) is 0 Å². The summed E-state index contributed by atoms with van der Waals surface area (Å²) in [6.45, 7) is 9.82. The predicted molar refractivity (Wildman–Crippen MR) is 265 cm³/mol. The number of ether oxygens (including phenoxy) is 2. The Morgan fingerprint density at radius 1 is 0.843 bits per heavy atom. The topological polar surface area (TPSA) is 205 Å². The molecule has 0 fully saturated rings. The van der Waals surface area contributed by atoms with Gasteiger partial charge in [0.25, 0.3) is 5.91 Å². The summed E-state index contributed by atoms with van der Waals surface area (Å²) in [5.74, 6) is -3.92. The normalized spacial score (nSPS) is 20.9. The Kier molecular flexibility index (Phi) is 18.9. The largest absolute Gasteiger partial charge is 0.481 e. The molecule has 0 saturated carbocycles. The molecule has 0 saturated heterocycles. The van der Waals surface area contributed by atoms with Crippen LogP contribution in [0.3, 0.4) is 0 Å². The number of fused-ring (bicyclic) bond motifs is 1. The molecule has 1 amide bonds. The van der Waals surface area contributed by atoms with Crippen LogP contribution >= 0.6 is 0 Å². The average Bonchev–Trinajstić information content (AvgIpc) is 3.66. The highest BCUT2D eigenvalue weighted by atomic mass is 19.1. The summed E-state index contributed by atoms with van der Waals surface area (Å²) in [5, 5.41) is 57.0. The third-order valence-electron chi connectivity index (χ3n) is 13.6. The molecule has 4 aromatic rings. The van der Waals surface area contributed by atoms with E-state index in [9.17, 15) is 49.1 Å². The number of nitrogens with zero attached hydrogens (tertiary/aromatic N) is 1. The van der Waals surface area contributed by atoms with Gasteiger partial charge in [-0.1, -0.05) is 101 Å². The standard InChI is InChI=1S/C56H69FN2O11/c1-6-34(4)56(68)70-47-30-43(62)27-38-18-17-35(5)46(50(38)47)24-23-41(60)28-44(63)31-49(66)69-45(32-48(64)65)29-42(61)25-26-59-53(33(2)3)52(55(67)58-40-15-11-8-12-16-40)51(36-13-9-7-10-14-36)54(59)37-19-21-39(57)22-20-37/h7-22,27,33-35,41-47,50,60-63H,6,23-26,28-32H2,1-5H3,(H,58,67)(H,64,65)/t34-,35-,41+,42+,43+,44+,45+,46-,47-,50-/m0/s1. The first kappa shape index (κ1) is 53.4. The number of nitrogens with one attached hydrogen (secondary N) is 1. The van der Waals surface area contributed by atoms with Crippen LogP contribution in [0.25, 0.3) is 22.4 Å². The van der Waals surface area contributed by atoms with Gasteiger partial charge in [-0.2, -0.15) is 0 Å². The second kappa shape index (κ2) is 24.8. The Bertz CT molecular complexity index is 2450. The van der Waals surface area contributed by atoms with E-state index < -0.39 is 67.2 Å². The first-order valence-electron chi connectivity index (χ1n) is 24.6. The van der Waals surface area contributed by atoms with E-state index in [-0.39, 0.29) is 80.1 Å². The van der Waals surface area contributed by atoms with Gasteiger partial charge in [0.05, 0.1) is 54.4 Å². The van der Waals surface area contributed by atoms with Crippen molar-refractivity contribution in [2.45, 2.75) is 141 Å². The second-order valence-electron chi connectivity index (χ2n) is 19.4. The molecule has 6 rings (SSSR count). The number of aromatic nitrogens is 1. The number of aliphatic carboxylic acids is 1. The van der Waals surface area contributed by atoms with Crippen molar-refractivity contribution < 1.29 is 58.6 Å². The van der Waals surface area contributed by atoms with Gasteiger partial charge in [0.2, 0.25) is 0 Å². The number of esters is 2. The number of carboxylic acids is 1. The molecule has 376 valence electrons. The number of carbonyl (C=O) groups is 4. The number of hydrogen-bond donors (Lipinski definition) is 6. The maximum atomic E-state index is 14.4. The van der Waals surface area contributed by atoms with Crippen LogP contribution in [0.4, 0.5) is 10.1 Å². The highest BCUT2D eigenvalue weighted by Crippen LogP contribution is 2.45. The number of para-hydroxylation sites is 1. The number of hydrogen-bond acceptors (Lipinski definition) is 10. The highest BCUT2D eigenvalue weighted by Gasteiger charge is 2.42. The Balaban J connectivity index is 1.13. The SMILES string of the molecule is CC[C@H](C)C(=O)O[C@H]1C[C@H](O)C=C2C=C[C@H](C)[C@H](CC[C@@H](O)C[C@@H](O)CC(=O)O[C@@H](CC(=O)O)C[C@H](O)CCn3c(-c4ccc(F)cc4)c(-c4ccccc4)c(C(=O)Nc4ccccc4)c3C(C)C)[C@H]21. The molecule has 1 heterocycles. The first-order valence-corrected chi connectivity index (χ1v) is 24.6. The van der Waals surface area contributed by atoms with Gasteiger partial charge < -0.3 is 44.9 Å². The third-order valence-corrected chi connectivity index (χ3v) is 13.6. The zero-order valence-electron chi connectivity index (χ0n) is 40.7. The fraction of sp³-hybridized carbons (Fsp3) is 0.464. The Morgan fingerprint density at radius 2 is 1.50 bits per heavy atom. The van der Waals surface area contributed by atoms with Crippen LogP contribution in [0.2, 0.25) is 0 Å². The number of carbonyl (C=O) groups excluding carboxylic acids is 3. The summed E-state index contributed by atoms with van der Waals surface area (Å²) >= 11 is 0. The van der Waals surface area contributed by atoms with E-state index in [0.717, 1.165) is 11.1 Å². The molecular formula is C56H69FN2O11. The van der Waals surface area contributed by atoms with Crippen molar-refractivity contribution in [3.8, 4) is 22.4 Å². The van der Waals surface area contributed by atoms with Gasteiger partial charge in [-0.15, -0.1) is 0 Å². The fourth-order valence-corrected chi connectivity index (χ4v) is 10.0. The van der Waals surface area contributed by atoms with E-state index in [1.807, 2.05) is 92.9 Å². The van der Waals surface area contributed by atoms with E-state index in [1.165, 1.54) is 12.1 Å². The van der Waals surface area contributed by atoms with Crippen molar-refractivity contribution in [3.05, 3.63) is 126 Å². The van der Waals surface area contributed by atoms with Crippen LogP contribution in [0, 0.1) is 29.5 Å². The molecule has 14 heteroatoms. The lowest BCUT2D eigenvalue weighted by Crippen LogP contribution is -2.43. The highest BCUT2D eigenvalue weighted by molar-refractivity contribution is 6.12. The average molecular weight is 965 g/mol. The van der Waals surface area contributed by atoms with Gasteiger partial charge in [-0.3, -0.25) is 19.2 Å². The monoisotopic (exact) mass is 964 g/mol. The smallest absolute Gasteiger partial charge is 0.308 e. The number of rotatable bonds is 23. The molecular weight excluding hydrogens is 896 g/mol. The second-order valence-corrected chi connectivity index (χ2v) is 19.4. The third kappa shape index (κ3) is 13.9. The van der Waals surface area contributed by atoms with Gasteiger partial charge in [0.1, 0.15) is 18.0 Å². The number of carboxylic acid groups (broad SMARTS) is 1. The molecule has 0 unspecified atom stereocenters. The van der Waals surface area contributed by atoms with Crippen molar-refractivity contribution >= 4 is 29.5 Å². The predicted octanol–water partition coefficient (Wildman–Crippen LogP) is 9.23. The van der Waals surface area contributed by atoms with Crippen molar-refractivity contribution in [1.29, 1.82) is 0 Å². The quantitative estimate of drug-likeness (QED) is 0.0387. The number of anilines is 1. The Hall–Kier alpha value is -5.93. The van der Waals surface area contributed by atoms with E-state index in [1.54, 1.807) is 30.3 Å². The lowest BCUT2D eigenvalue weighted by molar-refractivity contribution is -0.160. The minimum absolute atomic E-state index is 0.0328. The minimum Gasteiger partial charge on any atom is -0.481 e. The van der Waals surface area contributed by atoms with Gasteiger partial charge in [-0.05, 0) is 103 Å². The number of aliphatic hydroxyl groups is 4. The molecule has 13 nitrogen and oxygen atoms in total. The van der Waals surface area contributed by atoms with E-state index in [4.69, 9.17) is 9.47 Å². The number of halogens is 1. The summed E-state index contributed by atoms with van der Waals surface area (Å²) in [4.78, 5) is 52.5. The maximum Gasteiger partial charge on any atom is 0.308 e. The molecule has 1 aromatic heterocycles. The van der Waals surface area contributed by atoms with Crippen LogP contribution in [-0.4, -0.2) is 90.5 Å². The molecule has 70 heavy (non-hydrogen) atoms. The maximum absolute atomic E-state index is 14.4. The van der Waals surface area contributed by atoms with Crippen LogP contribution in [-0.2, 0) is 30.4 Å². The molecule has 10 atom stereocenters. The van der Waals surface area contributed by atoms with Crippen molar-refractivity contribution in [3.63, 3.8) is 0 Å².